The molecule has 0 bridgehead atoms. The number of thioether (sulfide) groups is 1. The van der Waals surface area contributed by atoms with Gasteiger partial charge in [-0.3, -0.25) is 9.36 Å². The molecule has 0 atom stereocenters. The smallest absolute Gasteiger partial charge is 0.263 e. The predicted molar refractivity (Wildman–Crippen MR) is 114 cm³/mol. The Hall–Kier alpha value is -1.60. The highest BCUT2D eigenvalue weighted by Crippen LogP contribution is 2.37. The molecule has 2 aliphatic carbocycles. The van der Waals surface area contributed by atoms with E-state index in [1.807, 2.05) is 18.4 Å². The average molecular weight is 416 g/mol. The molecule has 2 aliphatic rings. The summed E-state index contributed by atoms with van der Waals surface area (Å²) < 4.78 is 7.75. The highest BCUT2D eigenvalue weighted by molar-refractivity contribution is 7.98. The minimum atomic E-state index is 0.179. The molecule has 0 N–H and O–H groups in total. The summed E-state index contributed by atoms with van der Waals surface area (Å²) in [5.41, 5.74) is 2.39. The highest BCUT2D eigenvalue weighted by Gasteiger charge is 2.27. The van der Waals surface area contributed by atoms with Crippen LogP contribution in [0, 0.1) is 13.8 Å². The third-order valence-corrected chi connectivity index (χ3v) is 8.20. The van der Waals surface area contributed by atoms with E-state index >= 15 is 0 Å². The van der Waals surface area contributed by atoms with Crippen LogP contribution in [0.5, 0.6) is 0 Å². The third kappa shape index (κ3) is 3.12. The van der Waals surface area contributed by atoms with Gasteiger partial charge in [0.1, 0.15) is 10.6 Å². The van der Waals surface area contributed by atoms with Gasteiger partial charge in [-0.2, -0.15) is 0 Å². The van der Waals surface area contributed by atoms with Gasteiger partial charge in [0.05, 0.1) is 16.8 Å². The molecule has 1 fully saturated rings. The number of hydrogen-bond acceptors (Lipinski definition) is 6. The second kappa shape index (κ2) is 7.34. The van der Waals surface area contributed by atoms with Crippen molar-refractivity contribution in [2.45, 2.75) is 82.2 Å². The highest BCUT2D eigenvalue weighted by atomic mass is 32.2. The second-order valence-electron chi connectivity index (χ2n) is 7.94. The summed E-state index contributed by atoms with van der Waals surface area (Å²) in [5, 5.41) is 1.73. The molecule has 0 aromatic carbocycles. The van der Waals surface area contributed by atoms with Crippen molar-refractivity contribution in [1.82, 2.24) is 14.5 Å². The van der Waals surface area contributed by atoms with Crippen molar-refractivity contribution in [2.24, 2.45) is 0 Å². The Kier molecular flexibility index (Phi) is 4.83. The quantitative estimate of drug-likeness (QED) is 0.425. The van der Waals surface area contributed by atoms with E-state index < -0.39 is 0 Å². The molecule has 0 unspecified atom stereocenters. The molecular weight excluding hydrogens is 390 g/mol. The topological polar surface area (TPSA) is 60.9 Å². The summed E-state index contributed by atoms with van der Waals surface area (Å²) in [5.74, 6) is 2.17. The molecule has 0 amide bonds. The van der Waals surface area contributed by atoms with Crippen LogP contribution in [0.15, 0.2) is 14.4 Å². The minimum Gasteiger partial charge on any atom is -0.445 e. The van der Waals surface area contributed by atoms with Crippen molar-refractivity contribution in [3.8, 4) is 0 Å². The van der Waals surface area contributed by atoms with Crippen LogP contribution in [0.3, 0.4) is 0 Å². The maximum atomic E-state index is 13.6. The monoisotopic (exact) mass is 415 g/mol. The first kappa shape index (κ1) is 18.4. The molecule has 0 saturated heterocycles. The van der Waals surface area contributed by atoms with Gasteiger partial charge in [0.25, 0.3) is 5.56 Å². The molecule has 5 rings (SSSR count). The summed E-state index contributed by atoms with van der Waals surface area (Å²) in [6.07, 6.45) is 9.06. The number of oxazole rings is 1. The fraction of sp³-hybridized carbons (Fsp3) is 0.571. The van der Waals surface area contributed by atoms with Crippen LogP contribution in [0.1, 0.15) is 72.4 Å². The molecule has 0 aliphatic heterocycles. The van der Waals surface area contributed by atoms with E-state index in [1.165, 1.54) is 36.1 Å². The van der Waals surface area contributed by atoms with Gasteiger partial charge < -0.3 is 4.42 Å². The maximum absolute atomic E-state index is 13.6. The SMILES string of the molecule is Cc1nc(CSc2nc3sc4c(c3c(=O)n2C2CCCC2)CCCC4)oc1C. The largest absolute Gasteiger partial charge is 0.445 e. The van der Waals surface area contributed by atoms with Gasteiger partial charge in [-0.25, -0.2) is 9.97 Å². The number of thiophene rings is 1. The van der Waals surface area contributed by atoms with Gasteiger partial charge in [0.2, 0.25) is 5.89 Å². The summed E-state index contributed by atoms with van der Waals surface area (Å²) >= 11 is 3.32. The molecular formula is C21H25N3O2S2. The van der Waals surface area contributed by atoms with E-state index in [1.54, 1.807) is 23.1 Å². The van der Waals surface area contributed by atoms with E-state index in [4.69, 9.17) is 9.40 Å². The molecule has 28 heavy (non-hydrogen) atoms. The zero-order chi connectivity index (χ0) is 19.3. The van der Waals surface area contributed by atoms with Crippen molar-refractivity contribution in [3.05, 3.63) is 38.1 Å². The average Bonchev–Trinajstić information content (AvgIpc) is 3.39. The van der Waals surface area contributed by atoms with Crippen LogP contribution < -0.4 is 5.56 Å². The van der Waals surface area contributed by atoms with Gasteiger partial charge in [0.15, 0.2) is 5.16 Å². The lowest BCUT2D eigenvalue weighted by Gasteiger charge is -2.18. The van der Waals surface area contributed by atoms with Gasteiger partial charge >= 0.3 is 0 Å². The standard InChI is InChI=1S/C21H25N3O2S2/c1-12-13(2)26-17(22-12)11-27-21-23-19-18(15-9-5-6-10-16(15)28-19)20(25)24(21)14-7-3-4-8-14/h14H,3-11H2,1-2H3. The van der Waals surface area contributed by atoms with E-state index in [0.717, 1.165) is 52.5 Å². The number of nitrogens with zero attached hydrogens (tertiary/aromatic N) is 3. The first-order valence-electron chi connectivity index (χ1n) is 10.2. The summed E-state index contributed by atoms with van der Waals surface area (Å²) in [7, 11) is 0. The zero-order valence-electron chi connectivity index (χ0n) is 16.4. The van der Waals surface area contributed by atoms with Gasteiger partial charge in [-0.15, -0.1) is 11.3 Å². The summed E-state index contributed by atoms with van der Waals surface area (Å²) in [6, 6.07) is 0.277. The van der Waals surface area contributed by atoms with E-state index in [2.05, 4.69) is 4.98 Å². The first-order chi connectivity index (χ1) is 13.6. The Balaban J connectivity index is 1.59. The van der Waals surface area contributed by atoms with Crippen molar-refractivity contribution in [2.75, 3.05) is 0 Å². The Labute approximate surface area is 172 Å². The summed E-state index contributed by atoms with van der Waals surface area (Å²) in [4.78, 5) is 25.4. The molecule has 3 aromatic heterocycles. The second-order valence-corrected chi connectivity index (χ2v) is 9.96. The summed E-state index contributed by atoms with van der Waals surface area (Å²) in [6.45, 7) is 3.90. The van der Waals surface area contributed by atoms with Gasteiger partial charge in [-0.05, 0) is 57.9 Å². The third-order valence-electron chi connectivity index (χ3n) is 6.08. The number of aryl methyl sites for hydroxylation is 4. The van der Waals surface area contributed by atoms with Crippen LogP contribution in [0.25, 0.3) is 10.2 Å². The molecule has 5 nitrogen and oxygen atoms in total. The number of fused-ring (bicyclic) bond motifs is 3. The van der Waals surface area contributed by atoms with Crippen molar-refractivity contribution < 1.29 is 4.42 Å². The van der Waals surface area contributed by atoms with E-state index in [9.17, 15) is 4.79 Å². The van der Waals surface area contributed by atoms with Crippen LogP contribution in [0.4, 0.5) is 0 Å². The molecule has 3 aromatic rings. The van der Waals surface area contributed by atoms with E-state index in [-0.39, 0.29) is 11.6 Å². The minimum absolute atomic E-state index is 0.179. The van der Waals surface area contributed by atoms with Gasteiger partial charge in [0, 0.05) is 10.9 Å². The van der Waals surface area contributed by atoms with Crippen LogP contribution in [-0.4, -0.2) is 14.5 Å². The lowest BCUT2D eigenvalue weighted by molar-refractivity contribution is 0.456. The fourth-order valence-corrected chi connectivity index (χ4v) is 6.72. The van der Waals surface area contributed by atoms with Crippen molar-refractivity contribution in [3.63, 3.8) is 0 Å². The van der Waals surface area contributed by atoms with E-state index in [0.29, 0.717) is 11.6 Å². The Morgan fingerprint density at radius 3 is 2.68 bits per heavy atom. The molecule has 1 saturated carbocycles. The normalized spacial score (nSPS) is 17.5. The number of rotatable bonds is 4. The van der Waals surface area contributed by atoms with Crippen LogP contribution in [0.2, 0.25) is 0 Å². The predicted octanol–water partition coefficient (Wildman–Crippen LogP) is 5.35. The van der Waals surface area contributed by atoms with Crippen LogP contribution >= 0.6 is 23.1 Å². The Morgan fingerprint density at radius 1 is 1.14 bits per heavy atom. The Bertz CT molecular complexity index is 1070. The molecule has 7 heteroatoms. The lowest BCUT2D eigenvalue weighted by Crippen LogP contribution is -2.26. The maximum Gasteiger partial charge on any atom is 0.263 e. The van der Waals surface area contributed by atoms with Crippen molar-refractivity contribution in [1.29, 1.82) is 0 Å². The van der Waals surface area contributed by atoms with Gasteiger partial charge in [-0.1, -0.05) is 24.6 Å². The molecule has 3 heterocycles. The lowest BCUT2D eigenvalue weighted by atomic mass is 9.97. The first-order valence-corrected chi connectivity index (χ1v) is 12.0. The Morgan fingerprint density at radius 2 is 1.93 bits per heavy atom. The zero-order valence-corrected chi connectivity index (χ0v) is 18.0. The number of hydrogen-bond donors (Lipinski definition) is 0. The van der Waals surface area contributed by atoms with Crippen LogP contribution in [-0.2, 0) is 18.6 Å². The molecule has 0 radical (unpaired) electrons. The molecule has 148 valence electrons. The molecule has 0 spiro atoms. The fourth-order valence-electron chi connectivity index (χ4n) is 4.51. The van der Waals surface area contributed by atoms with Crippen molar-refractivity contribution >= 4 is 33.3 Å². The number of aromatic nitrogens is 3.